The first-order chi connectivity index (χ1) is 22.8. The van der Waals surface area contributed by atoms with E-state index in [1.807, 2.05) is 58.8 Å². The summed E-state index contributed by atoms with van der Waals surface area (Å²) in [4.78, 5) is 42.2. The third kappa shape index (κ3) is 6.44. The highest BCUT2D eigenvalue weighted by Crippen LogP contribution is 2.42. The fourth-order valence-electron chi connectivity index (χ4n) is 7.09. The number of nitrogens with one attached hydrogen (secondary N) is 1. The molecule has 2 atom stereocenters. The van der Waals surface area contributed by atoms with Gasteiger partial charge in [-0.05, 0) is 108 Å². The number of aromatic amines is 1. The van der Waals surface area contributed by atoms with Crippen LogP contribution < -0.4 is 4.74 Å². The molecule has 252 valence electrons. The van der Waals surface area contributed by atoms with Gasteiger partial charge in [-0.2, -0.15) is 0 Å². The molecular weight excluding hydrogens is 606 g/mol. The molecule has 0 radical (unpaired) electrons. The molecule has 3 aromatic rings. The third-order valence-corrected chi connectivity index (χ3v) is 9.26. The van der Waals surface area contributed by atoms with Crippen LogP contribution in [0.25, 0.3) is 28.0 Å². The Morgan fingerprint density at radius 1 is 0.854 bits per heavy atom. The van der Waals surface area contributed by atoms with Gasteiger partial charge in [0.1, 0.15) is 29.4 Å². The molecular formula is C38H45N5O5. The van der Waals surface area contributed by atoms with Gasteiger partial charge in [-0.1, -0.05) is 18.2 Å². The summed E-state index contributed by atoms with van der Waals surface area (Å²) in [7, 11) is 0. The molecule has 2 amide bonds. The van der Waals surface area contributed by atoms with Crippen LogP contribution in [0.4, 0.5) is 9.59 Å². The number of nitrogens with zero attached hydrogens (tertiary/aromatic N) is 4. The van der Waals surface area contributed by atoms with Crippen LogP contribution in [0.15, 0.2) is 53.8 Å². The molecule has 1 N–H and O–H groups in total. The molecule has 2 saturated heterocycles. The lowest BCUT2D eigenvalue weighted by molar-refractivity contribution is 0.0216. The van der Waals surface area contributed by atoms with Crippen LogP contribution >= 0.6 is 0 Å². The number of allylic oxidation sites excluding steroid dienone is 1. The molecule has 7 rings (SSSR count). The Morgan fingerprint density at radius 2 is 1.50 bits per heavy atom. The van der Waals surface area contributed by atoms with Gasteiger partial charge in [0, 0.05) is 42.5 Å². The summed E-state index contributed by atoms with van der Waals surface area (Å²) < 4.78 is 17.6. The molecule has 2 fully saturated rings. The number of aliphatic imine (C=N–C) groups is 1. The number of imidazole rings is 1. The predicted octanol–water partition coefficient (Wildman–Crippen LogP) is 8.29. The second-order valence-corrected chi connectivity index (χ2v) is 15.2. The number of H-pyrrole nitrogens is 1. The van der Waals surface area contributed by atoms with E-state index in [0.29, 0.717) is 26.1 Å². The van der Waals surface area contributed by atoms with Gasteiger partial charge in [-0.15, -0.1) is 0 Å². The lowest BCUT2D eigenvalue weighted by Crippen LogP contribution is -2.43. The van der Waals surface area contributed by atoms with Crippen molar-refractivity contribution >= 4 is 23.5 Å². The SMILES string of the molecule is CC(C)(C)OC(=O)N1CCC[C@H]1C1=NC=C(c2ccc3c(c2)COc2cc(-c4cnc([C@@H]5CCCN5C(=O)OC(C)(C)C)[nH]4)ccc2-3)C1. The number of amides is 2. The number of hydrogen-bond acceptors (Lipinski definition) is 7. The summed E-state index contributed by atoms with van der Waals surface area (Å²) in [6.45, 7) is 13.2. The minimum Gasteiger partial charge on any atom is -0.488 e. The summed E-state index contributed by atoms with van der Waals surface area (Å²) in [5, 5.41) is 0. The van der Waals surface area contributed by atoms with E-state index in [1.165, 1.54) is 0 Å². The number of ether oxygens (including phenoxy) is 3. The van der Waals surface area contributed by atoms with E-state index in [2.05, 4.69) is 46.4 Å². The van der Waals surface area contributed by atoms with Crippen LogP contribution in [0.2, 0.25) is 0 Å². The molecule has 0 unspecified atom stereocenters. The van der Waals surface area contributed by atoms with Gasteiger partial charge >= 0.3 is 12.2 Å². The zero-order chi connectivity index (χ0) is 33.8. The Balaban J connectivity index is 1.03. The number of carbonyl (C=O) groups excluding carboxylic acids is 2. The number of rotatable bonds is 4. The zero-order valence-electron chi connectivity index (χ0n) is 28.8. The number of aromatic nitrogens is 2. The van der Waals surface area contributed by atoms with Gasteiger partial charge in [0.05, 0.1) is 24.0 Å². The van der Waals surface area contributed by atoms with Crippen molar-refractivity contribution in [2.24, 2.45) is 4.99 Å². The van der Waals surface area contributed by atoms with E-state index in [-0.39, 0.29) is 24.3 Å². The van der Waals surface area contributed by atoms with Crippen molar-refractivity contribution in [3.05, 3.63) is 65.7 Å². The Bertz CT molecular complexity index is 1810. The smallest absolute Gasteiger partial charge is 0.410 e. The Hall–Kier alpha value is -4.60. The first-order valence-electron chi connectivity index (χ1n) is 17.0. The molecule has 0 saturated carbocycles. The monoisotopic (exact) mass is 651 g/mol. The largest absolute Gasteiger partial charge is 0.488 e. The molecule has 0 spiro atoms. The van der Waals surface area contributed by atoms with Gasteiger partial charge in [-0.25, -0.2) is 14.6 Å². The van der Waals surface area contributed by atoms with Crippen molar-refractivity contribution in [2.75, 3.05) is 13.1 Å². The molecule has 2 aromatic carbocycles. The van der Waals surface area contributed by atoms with E-state index in [0.717, 1.165) is 82.1 Å². The highest BCUT2D eigenvalue weighted by molar-refractivity contribution is 6.03. The van der Waals surface area contributed by atoms with E-state index < -0.39 is 11.2 Å². The Morgan fingerprint density at radius 3 is 2.21 bits per heavy atom. The van der Waals surface area contributed by atoms with Crippen molar-refractivity contribution in [1.82, 2.24) is 19.8 Å². The van der Waals surface area contributed by atoms with Crippen molar-refractivity contribution in [3.63, 3.8) is 0 Å². The summed E-state index contributed by atoms with van der Waals surface area (Å²) in [5.41, 5.74) is 7.40. The molecule has 4 aliphatic rings. The first kappa shape index (κ1) is 32.0. The normalized spacial score (nSPS) is 20.5. The zero-order valence-corrected chi connectivity index (χ0v) is 28.8. The molecule has 1 aromatic heterocycles. The first-order valence-corrected chi connectivity index (χ1v) is 17.0. The summed E-state index contributed by atoms with van der Waals surface area (Å²) in [6, 6.07) is 12.6. The summed E-state index contributed by atoms with van der Waals surface area (Å²) >= 11 is 0. The van der Waals surface area contributed by atoms with Gasteiger partial charge in [-0.3, -0.25) is 14.8 Å². The Kier molecular flexibility index (Phi) is 8.08. The van der Waals surface area contributed by atoms with Crippen molar-refractivity contribution in [1.29, 1.82) is 0 Å². The number of carbonyl (C=O) groups is 2. The van der Waals surface area contributed by atoms with Crippen LogP contribution in [-0.4, -0.2) is 68.0 Å². The maximum Gasteiger partial charge on any atom is 0.410 e. The minimum atomic E-state index is -0.546. The van der Waals surface area contributed by atoms with Gasteiger partial charge in [0.2, 0.25) is 0 Å². The second-order valence-electron chi connectivity index (χ2n) is 15.2. The predicted molar refractivity (Wildman–Crippen MR) is 185 cm³/mol. The number of fused-ring (bicyclic) bond motifs is 3. The van der Waals surface area contributed by atoms with E-state index in [9.17, 15) is 9.59 Å². The van der Waals surface area contributed by atoms with Crippen LogP contribution in [0.1, 0.15) is 96.6 Å². The van der Waals surface area contributed by atoms with Gasteiger partial charge < -0.3 is 19.2 Å². The Labute approximate surface area is 282 Å². The molecule has 0 bridgehead atoms. The van der Waals surface area contributed by atoms with Crippen molar-refractivity contribution in [2.45, 2.75) is 104 Å². The maximum atomic E-state index is 12.9. The number of likely N-dealkylation sites (tertiary alicyclic amines) is 2. The van der Waals surface area contributed by atoms with Gasteiger partial charge in [0.15, 0.2) is 0 Å². The highest BCUT2D eigenvalue weighted by Gasteiger charge is 2.37. The van der Waals surface area contributed by atoms with Crippen molar-refractivity contribution < 1.29 is 23.8 Å². The number of hydrogen-bond donors (Lipinski definition) is 1. The highest BCUT2D eigenvalue weighted by atomic mass is 16.6. The standard InChI is InChI=1S/C38H45N5O5/c1-37(2,3)47-35(44)42-15-7-9-31(42)29-18-25(20-39-29)23-11-13-27-26(17-23)22-46-33-19-24(12-14-28(27)33)30-21-40-34(41-30)32-10-8-16-43(32)36(45)48-38(4,5)6/h11-14,17,19-21,31-32H,7-10,15-16,18,22H2,1-6H3,(H,40,41)/t31-,32-/m0/s1. The van der Waals surface area contributed by atoms with Gasteiger partial charge in [0.25, 0.3) is 0 Å². The molecule has 4 aliphatic heterocycles. The molecule has 5 heterocycles. The molecule has 10 nitrogen and oxygen atoms in total. The van der Waals surface area contributed by atoms with Crippen LogP contribution in [-0.2, 0) is 16.1 Å². The summed E-state index contributed by atoms with van der Waals surface area (Å²) in [5.74, 6) is 1.60. The average molecular weight is 652 g/mol. The quantitative estimate of drug-likeness (QED) is 0.304. The fourth-order valence-corrected chi connectivity index (χ4v) is 7.09. The second kappa shape index (κ2) is 12.1. The maximum absolute atomic E-state index is 12.9. The average Bonchev–Trinajstić information content (AvgIpc) is 3.84. The third-order valence-electron chi connectivity index (χ3n) is 9.26. The van der Waals surface area contributed by atoms with Crippen LogP contribution in [0, 0.1) is 0 Å². The fraction of sp³-hybridized carbons (Fsp3) is 0.474. The topological polar surface area (TPSA) is 109 Å². The number of benzene rings is 2. The van der Waals surface area contributed by atoms with Crippen LogP contribution in [0.5, 0.6) is 5.75 Å². The van der Waals surface area contributed by atoms with E-state index in [4.69, 9.17) is 19.2 Å². The molecule has 10 heteroatoms. The van der Waals surface area contributed by atoms with Crippen LogP contribution in [0.3, 0.4) is 0 Å². The summed E-state index contributed by atoms with van der Waals surface area (Å²) in [6.07, 6.45) is 7.53. The lowest BCUT2D eigenvalue weighted by Gasteiger charge is -2.28. The van der Waals surface area contributed by atoms with Crippen molar-refractivity contribution in [3.8, 4) is 28.1 Å². The lowest BCUT2D eigenvalue weighted by atomic mass is 9.91. The van der Waals surface area contributed by atoms with E-state index in [1.54, 1.807) is 4.90 Å². The van der Waals surface area contributed by atoms with E-state index >= 15 is 0 Å². The molecule has 0 aliphatic carbocycles. The minimum absolute atomic E-state index is 0.0244. The molecule has 48 heavy (non-hydrogen) atoms.